The van der Waals surface area contributed by atoms with Crippen LogP contribution in [-0.2, 0) is 6.54 Å². The van der Waals surface area contributed by atoms with Crippen LogP contribution < -0.4 is 5.73 Å². The molecule has 3 aromatic rings. The maximum atomic E-state index is 5.59. The molecule has 6 nitrogen and oxygen atoms in total. The molecule has 0 radical (unpaired) electrons. The first-order chi connectivity index (χ1) is 9.22. The molecule has 0 unspecified atom stereocenters. The lowest BCUT2D eigenvalue weighted by atomic mass is 10.2. The fourth-order valence-electron chi connectivity index (χ4n) is 1.68. The highest BCUT2D eigenvalue weighted by molar-refractivity contribution is 9.10. The van der Waals surface area contributed by atoms with Gasteiger partial charge in [0, 0.05) is 16.2 Å². The van der Waals surface area contributed by atoms with Crippen molar-refractivity contribution in [2.75, 3.05) is 5.73 Å². The second kappa shape index (κ2) is 4.85. The van der Waals surface area contributed by atoms with E-state index in [1.54, 1.807) is 17.1 Å². The largest absolute Gasteiger partial charge is 0.396 e. The van der Waals surface area contributed by atoms with Crippen LogP contribution in [0.5, 0.6) is 0 Å². The zero-order valence-corrected chi connectivity index (χ0v) is 11.4. The molecule has 1 aromatic carbocycles. The van der Waals surface area contributed by atoms with Crippen molar-refractivity contribution in [3.8, 4) is 11.4 Å². The number of nitrogens with zero attached hydrogens (tertiary/aromatic N) is 4. The number of anilines is 1. The van der Waals surface area contributed by atoms with Crippen LogP contribution in [0.3, 0.4) is 0 Å². The summed E-state index contributed by atoms with van der Waals surface area (Å²) in [6, 6.07) is 7.70. The SMILES string of the molecule is Nc1cnn(Cc2nc(-c3ccccc3Br)no2)c1. The topological polar surface area (TPSA) is 82.8 Å². The van der Waals surface area contributed by atoms with Gasteiger partial charge in [0.1, 0.15) is 6.54 Å². The zero-order valence-electron chi connectivity index (χ0n) is 9.82. The number of nitrogen functional groups attached to an aromatic ring is 1. The lowest BCUT2D eigenvalue weighted by Crippen LogP contribution is -2.00. The molecule has 0 atom stereocenters. The Balaban J connectivity index is 1.86. The molecule has 2 N–H and O–H groups in total. The Hall–Kier alpha value is -2.15. The minimum Gasteiger partial charge on any atom is -0.396 e. The summed E-state index contributed by atoms with van der Waals surface area (Å²) in [5.74, 6) is 1.02. The lowest BCUT2D eigenvalue weighted by Gasteiger charge is -1.96. The number of benzene rings is 1. The van der Waals surface area contributed by atoms with Crippen LogP contribution in [0.2, 0.25) is 0 Å². The number of halogens is 1. The average Bonchev–Trinajstić information content (AvgIpc) is 3.00. The van der Waals surface area contributed by atoms with Crippen molar-refractivity contribution in [3.05, 3.63) is 47.0 Å². The molecule has 0 aliphatic rings. The van der Waals surface area contributed by atoms with E-state index >= 15 is 0 Å². The van der Waals surface area contributed by atoms with Crippen molar-refractivity contribution >= 4 is 21.6 Å². The van der Waals surface area contributed by atoms with Gasteiger partial charge in [0.05, 0.1) is 11.9 Å². The normalized spacial score (nSPS) is 10.8. The van der Waals surface area contributed by atoms with Gasteiger partial charge in [-0.25, -0.2) is 0 Å². The molecule has 0 bridgehead atoms. The molecule has 96 valence electrons. The summed E-state index contributed by atoms with van der Waals surface area (Å²) in [5.41, 5.74) is 7.08. The first-order valence-electron chi connectivity index (χ1n) is 5.58. The quantitative estimate of drug-likeness (QED) is 0.801. The summed E-state index contributed by atoms with van der Waals surface area (Å²) in [7, 11) is 0. The Morgan fingerprint density at radius 1 is 1.32 bits per heavy atom. The van der Waals surface area contributed by atoms with Gasteiger partial charge in [-0.2, -0.15) is 10.1 Å². The van der Waals surface area contributed by atoms with E-state index in [-0.39, 0.29) is 0 Å². The van der Waals surface area contributed by atoms with E-state index in [1.165, 1.54) is 0 Å². The van der Waals surface area contributed by atoms with Gasteiger partial charge in [0.25, 0.3) is 0 Å². The first-order valence-corrected chi connectivity index (χ1v) is 6.37. The summed E-state index contributed by atoms with van der Waals surface area (Å²) >= 11 is 3.46. The molecule has 2 heterocycles. The van der Waals surface area contributed by atoms with Gasteiger partial charge in [-0.3, -0.25) is 4.68 Å². The number of nitrogens with two attached hydrogens (primary N) is 1. The van der Waals surface area contributed by atoms with Gasteiger partial charge >= 0.3 is 0 Å². The Kier molecular flexibility index (Phi) is 3.04. The van der Waals surface area contributed by atoms with Gasteiger partial charge in [-0.15, -0.1) is 0 Å². The maximum Gasteiger partial charge on any atom is 0.248 e. The first kappa shape index (κ1) is 11.9. The van der Waals surface area contributed by atoms with Crippen molar-refractivity contribution in [1.82, 2.24) is 19.9 Å². The molecule has 0 amide bonds. The van der Waals surface area contributed by atoms with Crippen LogP contribution in [0.25, 0.3) is 11.4 Å². The molecule has 0 fully saturated rings. The number of aromatic nitrogens is 4. The monoisotopic (exact) mass is 319 g/mol. The van der Waals surface area contributed by atoms with Crippen LogP contribution in [-0.4, -0.2) is 19.9 Å². The summed E-state index contributed by atoms with van der Waals surface area (Å²) in [6.45, 7) is 0.397. The minimum atomic E-state index is 0.397. The summed E-state index contributed by atoms with van der Waals surface area (Å²) in [6.07, 6.45) is 3.29. The Labute approximate surface area is 117 Å². The highest BCUT2D eigenvalue weighted by Crippen LogP contribution is 2.25. The predicted molar refractivity (Wildman–Crippen MR) is 73.2 cm³/mol. The third-order valence-corrected chi connectivity index (χ3v) is 3.22. The number of hydrogen-bond acceptors (Lipinski definition) is 5. The molecule has 0 saturated carbocycles. The van der Waals surface area contributed by atoms with Crippen molar-refractivity contribution in [2.45, 2.75) is 6.54 Å². The van der Waals surface area contributed by atoms with E-state index in [0.717, 1.165) is 10.0 Å². The van der Waals surface area contributed by atoms with Crippen LogP contribution in [0.4, 0.5) is 5.69 Å². The Bertz CT molecular complexity index is 705. The number of hydrogen-bond donors (Lipinski definition) is 1. The van der Waals surface area contributed by atoms with Crippen molar-refractivity contribution in [1.29, 1.82) is 0 Å². The highest BCUT2D eigenvalue weighted by atomic mass is 79.9. The molecule has 7 heteroatoms. The molecule has 0 aliphatic carbocycles. The molecular formula is C12H10BrN5O. The van der Waals surface area contributed by atoms with Crippen molar-refractivity contribution in [3.63, 3.8) is 0 Å². The fraction of sp³-hybridized carbons (Fsp3) is 0.0833. The molecule has 3 rings (SSSR count). The van der Waals surface area contributed by atoms with Crippen LogP contribution >= 0.6 is 15.9 Å². The Morgan fingerprint density at radius 2 is 2.16 bits per heavy atom. The summed E-state index contributed by atoms with van der Waals surface area (Å²) < 4.78 is 7.77. The van der Waals surface area contributed by atoms with E-state index < -0.39 is 0 Å². The minimum absolute atomic E-state index is 0.397. The second-order valence-corrected chi connectivity index (χ2v) is 4.82. The second-order valence-electron chi connectivity index (χ2n) is 3.96. The summed E-state index contributed by atoms with van der Waals surface area (Å²) in [4.78, 5) is 4.34. The van der Waals surface area contributed by atoms with Gasteiger partial charge in [-0.1, -0.05) is 33.2 Å². The van der Waals surface area contributed by atoms with Gasteiger partial charge < -0.3 is 10.3 Å². The molecule has 0 aliphatic heterocycles. The van der Waals surface area contributed by atoms with Crippen molar-refractivity contribution < 1.29 is 4.52 Å². The van der Waals surface area contributed by atoms with Gasteiger partial charge in [-0.05, 0) is 12.1 Å². The molecule has 0 spiro atoms. The molecule has 0 saturated heterocycles. The van der Waals surface area contributed by atoms with Gasteiger partial charge in [0.2, 0.25) is 11.7 Å². The fourth-order valence-corrected chi connectivity index (χ4v) is 2.14. The average molecular weight is 320 g/mol. The van der Waals surface area contributed by atoms with Crippen molar-refractivity contribution in [2.24, 2.45) is 0 Å². The third-order valence-electron chi connectivity index (χ3n) is 2.53. The molecule has 19 heavy (non-hydrogen) atoms. The summed E-state index contributed by atoms with van der Waals surface area (Å²) in [5, 5.41) is 8.03. The van der Waals surface area contributed by atoms with E-state index in [9.17, 15) is 0 Å². The number of rotatable bonds is 3. The third kappa shape index (κ3) is 2.50. The highest BCUT2D eigenvalue weighted by Gasteiger charge is 2.11. The predicted octanol–water partition coefficient (Wildman–Crippen LogP) is 2.33. The zero-order chi connectivity index (χ0) is 13.2. The van der Waals surface area contributed by atoms with E-state index in [2.05, 4.69) is 31.2 Å². The van der Waals surface area contributed by atoms with Crippen LogP contribution in [0.15, 0.2) is 45.7 Å². The molecular weight excluding hydrogens is 310 g/mol. The molecule has 2 aromatic heterocycles. The van der Waals surface area contributed by atoms with Crippen LogP contribution in [0, 0.1) is 0 Å². The van der Waals surface area contributed by atoms with E-state index in [1.807, 2.05) is 24.3 Å². The lowest BCUT2D eigenvalue weighted by molar-refractivity contribution is 0.366. The standard InChI is InChI=1S/C12H10BrN5O/c13-10-4-2-1-3-9(10)12-16-11(19-17-12)7-18-6-8(14)5-15-18/h1-6H,7,14H2. The maximum absolute atomic E-state index is 5.59. The Morgan fingerprint density at radius 3 is 2.89 bits per heavy atom. The van der Waals surface area contributed by atoms with E-state index in [4.69, 9.17) is 10.3 Å². The smallest absolute Gasteiger partial charge is 0.248 e. The van der Waals surface area contributed by atoms with Gasteiger partial charge in [0.15, 0.2) is 0 Å². The van der Waals surface area contributed by atoms with E-state index in [0.29, 0.717) is 23.9 Å². The van der Waals surface area contributed by atoms with Crippen LogP contribution in [0.1, 0.15) is 5.89 Å².